The van der Waals surface area contributed by atoms with Gasteiger partial charge in [0.15, 0.2) is 0 Å². The summed E-state index contributed by atoms with van der Waals surface area (Å²) in [6.07, 6.45) is 16.8. The normalized spacial score (nSPS) is 35.0. The van der Waals surface area contributed by atoms with E-state index in [0.29, 0.717) is 18.3 Å². The molecule has 0 spiro atoms. The van der Waals surface area contributed by atoms with Crippen molar-refractivity contribution in [3.63, 3.8) is 0 Å². The second-order valence-electron chi connectivity index (χ2n) is 10.1. The first-order chi connectivity index (χ1) is 14.2. The Labute approximate surface area is 177 Å². The molecule has 0 saturated heterocycles. The van der Waals surface area contributed by atoms with E-state index in [1.54, 1.807) is 12.1 Å². The summed E-state index contributed by atoms with van der Waals surface area (Å²) in [6, 6.07) is 5.43. The second-order valence-corrected chi connectivity index (χ2v) is 10.1. The van der Waals surface area contributed by atoms with Crippen molar-refractivity contribution in [2.45, 2.75) is 83.5 Å². The average Bonchev–Trinajstić information content (AvgIpc) is 2.77. The summed E-state index contributed by atoms with van der Waals surface area (Å²) < 4.78 is 20.1. The van der Waals surface area contributed by atoms with E-state index in [4.69, 9.17) is 4.74 Å². The number of hydrogen-bond donors (Lipinski definition) is 0. The van der Waals surface area contributed by atoms with Gasteiger partial charge in [-0.2, -0.15) is 0 Å². The van der Waals surface area contributed by atoms with Crippen LogP contribution < -0.4 is 4.74 Å². The molecule has 0 amide bonds. The predicted octanol–water partition coefficient (Wildman–Crippen LogP) is 7.91. The van der Waals surface area contributed by atoms with Crippen LogP contribution in [-0.2, 0) is 0 Å². The fourth-order valence-electron chi connectivity index (χ4n) is 6.81. The maximum Gasteiger partial charge on any atom is 0.130 e. The highest BCUT2D eigenvalue weighted by molar-refractivity contribution is 5.31. The minimum atomic E-state index is -0.0943. The number of benzene rings is 1. The molecule has 3 aliphatic rings. The highest BCUT2D eigenvalue weighted by atomic mass is 19.1. The summed E-state index contributed by atoms with van der Waals surface area (Å²) in [5.41, 5.74) is 0.899. The third-order valence-corrected chi connectivity index (χ3v) is 8.56. The van der Waals surface area contributed by atoms with Crippen LogP contribution in [0.3, 0.4) is 0 Å². The maximum atomic E-state index is 14.7. The third-order valence-electron chi connectivity index (χ3n) is 8.56. The van der Waals surface area contributed by atoms with Gasteiger partial charge in [0, 0.05) is 6.07 Å². The molecule has 1 aromatic rings. The number of hydrogen-bond acceptors (Lipinski definition) is 1. The van der Waals surface area contributed by atoms with Crippen molar-refractivity contribution < 1.29 is 9.13 Å². The molecule has 160 valence electrons. The van der Waals surface area contributed by atoms with E-state index < -0.39 is 0 Å². The minimum absolute atomic E-state index is 0.0943. The SMILES string of the molecule is C=CCOc1ccc(C2CCC(C3CCC4CC(CC)CCC4C3)CC2)c(F)c1. The molecule has 1 aromatic carbocycles. The van der Waals surface area contributed by atoms with E-state index >= 15 is 0 Å². The molecule has 1 nitrogen and oxygen atoms in total. The van der Waals surface area contributed by atoms with Crippen LogP contribution in [0.5, 0.6) is 5.75 Å². The van der Waals surface area contributed by atoms with Gasteiger partial charge >= 0.3 is 0 Å². The fourth-order valence-corrected chi connectivity index (χ4v) is 6.81. The molecule has 0 aromatic heterocycles. The molecule has 0 radical (unpaired) electrons. The Morgan fingerprint density at radius 3 is 2.28 bits per heavy atom. The van der Waals surface area contributed by atoms with Gasteiger partial charge in [-0.25, -0.2) is 4.39 Å². The predicted molar refractivity (Wildman–Crippen MR) is 119 cm³/mol. The molecular formula is C27H39FO. The summed E-state index contributed by atoms with van der Waals surface area (Å²) in [5, 5.41) is 0. The summed E-state index contributed by atoms with van der Waals surface area (Å²) in [6.45, 7) is 6.44. The Morgan fingerprint density at radius 1 is 0.931 bits per heavy atom. The van der Waals surface area contributed by atoms with Crippen LogP contribution >= 0.6 is 0 Å². The summed E-state index contributed by atoms with van der Waals surface area (Å²) in [5.74, 6) is 5.76. The van der Waals surface area contributed by atoms with Crippen molar-refractivity contribution in [2.75, 3.05) is 6.61 Å². The van der Waals surface area contributed by atoms with Crippen molar-refractivity contribution in [2.24, 2.45) is 29.6 Å². The van der Waals surface area contributed by atoms with Gasteiger partial charge in [-0.05, 0) is 105 Å². The summed E-state index contributed by atoms with van der Waals surface area (Å²) in [4.78, 5) is 0. The topological polar surface area (TPSA) is 9.23 Å². The third kappa shape index (κ3) is 4.89. The van der Waals surface area contributed by atoms with Crippen molar-refractivity contribution in [1.82, 2.24) is 0 Å². The lowest BCUT2D eigenvalue weighted by atomic mass is 9.60. The zero-order valence-corrected chi connectivity index (χ0v) is 18.3. The molecule has 0 aliphatic heterocycles. The van der Waals surface area contributed by atoms with Gasteiger partial charge in [0.2, 0.25) is 0 Å². The largest absolute Gasteiger partial charge is 0.489 e. The first-order valence-corrected chi connectivity index (χ1v) is 12.2. The van der Waals surface area contributed by atoms with Gasteiger partial charge in [-0.3, -0.25) is 0 Å². The van der Waals surface area contributed by atoms with E-state index in [2.05, 4.69) is 13.5 Å². The lowest BCUT2D eigenvalue weighted by Gasteiger charge is -2.45. The van der Waals surface area contributed by atoms with E-state index in [0.717, 1.165) is 48.0 Å². The molecule has 4 atom stereocenters. The first kappa shape index (κ1) is 20.9. The molecule has 0 bridgehead atoms. The Kier molecular flexibility index (Phi) is 6.98. The minimum Gasteiger partial charge on any atom is -0.489 e. The van der Waals surface area contributed by atoms with Crippen molar-refractivity contribution in [3.8, 4) is 5.75 Å². The zero-order valence-electron chi connectivity index (χ0n) is 18.3. The van der Waals surface area contributed by atoms with Gasteiger partial charge < -0.3 is 4.74 Å². The van der Waals surface area contributed by atoms with Crippen LogP contribution in [0.25, 0.3) is 0 Å². The number of ether oxygens (including phenoxy) is 1. The Balaban J connectivity index is 1.29. The number of fused-ring (bicyclic) bond motifs is 1. The van der Waals surface area contributed by atoms with Gasteiger partial charge in [0.25, 0.3) is 0 Å². The van der Waals surface area contributed by atoms with E-state index in [-0.39, 0.29) is 5.82 Å². The summed E-state index contributed by atoms with van der Waals surface area (Å²) >= 11 is 0. The monoisotopic (exact) mass is 398 g/mol. The fraction of sp³-hybridized carbons (Fsp3) is 0.704. The smallest absolute Gasteiger partial charge is 0.130 e. The van der Waals surface area contributed by atoms with Crippen molar-refractivity contribution in [1.29, 1.82) is 0 Å². The van der Waals surface area contributed by atoms with Crippen LogP contribution in [0, 0.1) is 35.4 Å². The zero-order chi connectivity index (χ0) is 20.2. The lowest BCUT2D eigenvalue weighted by Crippen LogP contribution is -2.34. The molecule has 2 heteroatoms. The Morgan fingerprint density at radius 2 is 1.59 bits per heavy atom. The van der Waals surface area contributed by atoms with Gasteiger partial charge in [-0.15, -0.1) is 0 Å². The van der Waals surface area contributed by atoms with Gasteiger partial charge in [-0.1, -0.05) is 38.5 Å². The standard InChI is InChI=1S/C27H39FO/c1-3-15-29-25-13-14-26(27(28)18-25)21-9-7-20(8-10-21)23-12-11-22-16-19(4-2)5-6-24(22)17-23/h3,13-14,18-24H,1,4-12,15-17H2,2H3. The second kappa shape index (κ2) is 9.67. The van der Waals surface area contributed by atoms with Crippen LogP contribution in [0.2, 0.25) is 0 Å². The van der Waals surface area contributed by atoms with Crippen LogP contribution in [0.4, 0.5) is 4.39 Å². The van der Waals surface area contributed by atoms with E-state index in [9.17, 15) is 4.39 Å². The van der Waals surface area contributed by atoms with Crippen molar-refractivity contribution in [3.05, 3.63) is 42.2 Å². The Bertz CT molecular complexity index is 675. The van der Waals surface area contributed by atoms with Crippen molar-refractivity contribution >= 4 is 0 Å². The lowest BCUT2D eigenvalue weighted by molar-refractivity contribution is 0.0628. The van der Waals surface area contributed by atoms with E-state index in [1.807, 2.05) is 12.1 Å². The molecule has 4 rings (SSSR count). The highest BCUT2D eigenvalue weighted by Crippen LogP contribution is 2.50. The molecule has 0 heterocycles. The molecule has 4 unspecified atom stereocenters. The molecule has 3 fully saturated rings. The van der Waals surface area contributed by atoms with Gasteiger partial charge in [0.05, 0.1) is 0 Å². The van der Waals surface area contributed by atoms with E-state index in [1.165, 1.54) is 57.8 Å². The van der Waals surface area contributed by atoms with Crippen LogP contribution in [-0.4, -0.2) is 6.61 Å². The van der Waals surface area contributed by atoms with Gasteiger partial charge in [0.1, 0.15) is 18.2 Å². The average molecular weight is 399 g/mol. The Hall–Kier alpha value is -1.31. The molecule has 0 N–H and O–H groups in total. The summed E-state index contributed by atoms with van der Waals surface area (Å²) in [7, 11) is 0. The molecule has 3 saturated carbocycles. The first-order valence-electron chi connectivity index (χ1n) is 12.2. The highest BCUT2D eigenvalue weighted by Gasteiger charge is 2.38. The molecule has 29 heavy (non-hydrogen) atoms. The molecular weight excluding hydrogens is 359 g/mol. The van der Waals surface area contributed by atoms with Crippen LogP contribution in [0.15, 0.2) is 30.9 Å². The number of rotatable bonds is 6. The quantitative estimate of drug-likeness (QED) is 0.442. The maximum absolute atomic E-state index is 14.7. The molecule has 3 aliphatic carbocycles. The van der Waals surface area contributed by atoms with Crippen LogP contribution in [0.1, 0.15) is 89.0 Å². The number of halogens is 1.